The molecule has 104 valence electrons. The van der Waals surface area contributed by atoms with Gasteiger partial charge in [-0.2, -0.15) is 0 Å². The Hall–Kier alpha value is -1.62. The monoisotopic (exact) mass is 262 g/mol. The summed E-state index contributed by atoms with van der Waals surface area (Å²) in [6, 6.07) is 0.635. The van der Waals surface area contributed by atoms with E-state index in [-0.39, 0.29) is 6.04 Å². The summed E-state index contributed by atoms with van der Waals surface area (Å²) < 4.78 is 7.38. The average molecular weight is 262 g/mol. The van der Waals surface area contributed by atoms with E-state index in [0.717, 1.165) is 23.6 Å². The molecule has 0 aromatic carbocycles. The predicted octanol–water partition coefficient (Wildman–Crippen LogP) is 2.92. The molecule has 0 aliphatic carbocycles. The van der Waals surface area contributed by atoms with Gasteiger partial charge in [0.15, 0.2) is 0 Å². The number of hydrogen-bond donors (Lipinski definition) is 1. The first kappa shape index (κ1) is 13.8. The summed E-state index contributed by atoms with van der Waals surface area (Å²) in [5.74, 6) is 0.884. The molecule has 0 spiro atoms. The molecule has 1 atom stereocenters. The summed E-state index contributed by atoms with van der Waals surface area (Å²) in [5.41, 5.74) is 3.29. The molecule has 5 nitrogen and oxygen atoms in total. The largest absolute Gasteiger partial charge is 0.361 e. The highest BCUT2D eigenvalue weighted by Gasteiger charge is 2.16. The van der Waals surface area contributed by atoms with E-state index in [9.17, 15) is 0 Å². The van der Waals surface area contributed by atoms with Gasteiger partial charge in [-0.05, 0) is 34.6 Å². The van der Waals surface area contributed by atoms with Crippen molar-refractivity contribution in [2.75, 3.05) is 0 Å². The van der Waals surface area contributed by atoms with Gasteiger partial charge in [-0.15, -0.1) is 0 Å². The van der Waals surface area contributed by atoms with E-state index in [2.05, 4.69) is 40.8 Å². The van der Waals surface area contributed by atoms with Crippen molar-refractivity contribution in [2.45, 2.75) is 53.2 Å². The molecule has 0 bridgehead atoms. The van der Waals surface area contributed by atoms with Crippen molar-refractivity contribution >= 4 is 0 Å². The maximum absolute atomic E-state index is 5.21. The van der Waals surface area contributed by atoms with Crippen LogP contribution in [0.2, 0.25) is 0 Å². The molecule has 2 rings (SSSR count). The van der Waals surface area contributed by atoms with E-state index in [1.54, 1.807) is 0 Å². The van der Waals surface area contributed by atoms with Crippen LogP contribution in [0.15, 0.2) is 17.0 Å². The second kappa shape index (κ2) is 5.57. The smallest absolute Gasteiger partial charge is 0.138 e. The average Bonchev–Trinajstić information content (AvgIpc) is 2.93. The second-order valence-corrected chi connectivity index (χ2v) is 5.23. The molecular weight excluding hydrogens is 240 g/mol. The lowest BCUT2D eigenvalue weighted by molar-refractivity contribution is 0.390. The molecule has 1 N–H and O–H groups in total. The Bertz CT molecular complexity index is 522. The standard InChI is InChI=1S/C14H22N4O/c1-9(2)18-8-15-6-13(18)7-16-10(3)14-11(4)17-19-12(14)5/h6,8-10,16H,7H2,1-5H3. The first-order valence-electron chi connectivity index (χ1n) is 6.67. The topological polar surface area (TPSA) is 55.9 Å². The minimum absolute atomic E-state index is 0.210. The normalized spacial score (nSPS) is 13.2. The molecule has 0 aliphatic rings. The molecule has 0 fully saturated rings. The number of hydrogen-bond acceptors (Lipinski definition) is 4. The molecule has 2 heterocycles. The number of rotatable bonds is 5. The minimum atomic E-state index is 0.210. The zero-order valence-electron chi connectivity index (χ0n) is 12.3. The van der Waals surface area contributed by atoms with Gasteiger partial charge in [-0.25, -0.2) is 4.98 Å². The van der Waals surface area contributed by atoms with Gasteiger partial charge in [0.25, 0.3) is 0 Å². The number of aryl methyl sites for hydroxylation is 2. The van der Waals surface area contributed by atoms with Crippen LogP contribution in [-0.4, -0.2) is 14.7 Å². The molecule has 0 saturated heterocycles. The molecule has 0 amide bonds. The van der Waals surface area contributed by atoms with Crippen LogP contribution in [0, 0.1) is 13.8 Å². The molecule has 5 heteroatoms. The Labute approximate surface area is 114 Å². The van der Waals surface area contributed by atoms with Crippen LogP contribution in [-0.2, 0) is 6.54 Å². The highest BCUT2D eigenvalue weighted by Crippen LogP contribution is 2.21. The van der Waals surface area contributed by atoms with Crippen molar-refractivity contribution in [3.05, 3.63) is 35.2 Å². The fourth-order valence-electron chi connectivity index (χ4n) is 2.40. The lowest BCUT2D eigenvalue weighted by atomic mass is 10.1. The van der Waals surface area contributed by atoms with Gasteiger partial charge in [0.05, 0.1) is 17.7 Å². The van der Waals surface area contributed by atoms with E-state index < -0.39 is 0 Å². The summed E-state index contributed by atoms with van der Waals surface area (Å²) >= 11 is 0. The van der Waals surface area contributed by atoms with E-state index in [1.165, 1.54) is 5.69 Å². The fourth-order valence-corrected chi connectivity index (χ4v) is 2.40. The molecule has 0 saturated carbocycles. The first-order valence-corrected chi connectivity index (χ1v) is 6.67. The number of nitrogens with zero attached hydrogens (tertiary/aromatic N) is 3. The Morgan fingerprint density at radius 2 is 2.05 bits per heavy atom. The highest BCUT2D eigenvalue weighted by atomic mass is 16.5. The third-order valence-electron chi connectivity index (χ3n) is 3.41. The zero-order valence-corrected chi connectivity index (χ0v) is 12.3. The minimum Gasteiger partial charge on any atom is -0.361 e. The Balaban J connectivity index is 2.05. The van der Waals surface area contributed by atoms with E-state index in [0.29, 0.717) is 6.04 Å². The molecule has 1 unspecified atom stereocenters. The van der Waals surface area contributed by atoms with Crippen molar-refractivity contribution in [1.82, 2.24) is 20.0 Å². The van der Waals surface area contributed by atoms with E-state index >= 15 is 0 Å². The summed E-state index contributed by atoms with van der Waals surface area (Å²) in [5, 5.41) is 7.50. The Morgan fingerprint density at radius 3 is 2.63 bits per heavy atom. The van der Waals surface area contributed by atoms with Gasteiger partial charge in [-0.3, -0.25) is 0 Å². The summed E-state index contributed by atoms with van der Waals surface area (Å²) in [4.78, 5) is 4.21. The summed E-state index contributed by atoms with van der Waals surface area (Å²) in [6.07, 6.45) is 3.79. The maximum atomic E-state index is 5.21. The molecule has 2 aromatic rings. The molecule has 2 aromatic heterocycles. The lowest BCUT2D eigenvalue weighted by Gasteiger charge is -2.16. The SMILES string of the molecule is Cc1noc(C)c1C(C)NCc1cncn1C(C)C. The van der Waals surface area contributed by atoms with Crippen molar-refractivity contribution in [3.8, 4) is 0 Å². The van der Waals surface area contributed by atoms with Gasteiger partial charge in [0, 0.05) is 30.4 Å². The van der Waals surface area contributed by atoms with Crippen LogP contribution in [0.4, 0.5) is 0 Å². The van der Waals surface area contributed by atoms with Gasteiger partial charge >= 0.3 is 0 Å². The number of nitrogens with one attached hydrogen (secondary N) is 1. The van der Waals surface area contributed by atoms with Crippen molar-refractivity contribution in [1.29, 1.82) is 0 Å². The van der Waals surface area contributed by atoms with Crippen LogP contribution >= 0.6 is 0 Å². The van der Waals surface area contributed by atoms with Crippen molar-refractivity contribution in [3.63, 3.8) is 0 Å². The van der Waals surface area contributed by atoms with Crippen LogP contribution < -0.4 is 5.32 Å². The fraction of sp³-hybridized carbons (Fsp3) is 0.571. The maximum Gasteiger partial charge on any atom is 0.138 e. The van der Waals surface area contributed by atoms with Crippen LogP contribution in [0.5, 0.6) is 0 Å². The highest BCUT2D eigenvalue weighted by molar-refractivity contribution is 5.24. The first-order chi connectivity index (χ1) is 9.00. The van der Waals surface area contributed by atoms with Crippen LogP contribution in [0.1, 0.15) is 55.6 Å². The molecule has 0 radical (unpaired) electrons. The van der Waals surface area contributed by atoms with Crippen LogP contribution in [0.25, 0.3) is 0 Å². The van der Waals surface area contributed by atoms with Gasteiger partial charge in [0.1, 0.15) is 5.76 Å². The summed E-state index contributed by atoms with van der Waals surface area (Å²) in [6.45, 7) is 11.1. The van der Waals surface area contributed by atoms with Gasteiger partial charge < -0.3 is 14.4 Å². The van der Waals surface area contributed by atoms with Gasteiger partial charge in [0.2, 0.25) is 0 Å². The predicted molar refractivity (Wildman–Crippen MR) is 73.8 cm³/mol. The number of imidazole rings is 1. The lowest BCUT2D eigenvalue weighted by Crippen LogP contribution is -2.21. The Morgan fingerprint density at radius 1 is 1.32 bits per heavy atom. The van der Waals surface area contributed by atoms with E-state index in [1.807, 2.05) is 26.4 Å². The summed E-state index contributed by atoms with van der Waals surface area (Å²) in [7, 11) is 0. The third-order valence-corrected chi connectivity index (χ3v) is 3.41. The third kappa shape index (κ3) is 2.87. The van der Waals surface area contributed by atoms with E-state index in [4.69, 9.17) is 4.52 Å². The van der Waals surface area contributed by atoms with Gasteiger partial charge in [-0.1, -0.05) is 5.16 Å². The van der Waals surface area contributed by atoms with Crippen molar-refractivity contribution < 1.29 is 4.52 Å². The quantitative estimate of drug-likeness (QED) is 0.900. The second-order valence-electron chi connectivity index (χ2n) is 5.23. The molecule has 19 heavy (non-hydrogen) atoms. The van der Waals surface area contributed by atoms with Crippen LogP contribution in [0.3, 0.4) is 0 Å². The Kier molecular flexibility index (Phi) is 4.04. The molecule has 0 aliphatic heterocycles. The molecular formula is C14H22N4O. The number of aromatic nitrogens is 3. The zero-order chi connectivity index (χ0) is 14.0. The van der Waals surface area contributed by atoms with Crippen molar-refractivity contribution in [2.24, 2.45) is 0 Å².